The van der Waals surface area contributed by atoms with E-state index in [1.54, 1.807) is 12.1 Å². The number of sulfonamides is 1. The third kappa shape index (κ3) is 13.0. The second kappa shape index (κ2) is 17.0. The molecule has 9 heteroatoms. The molecule has 3 rings (SSSR count). The summed E-state index contributed by atoms with van der Waals surface area (Å²) in [7, 11) is 0.495. The number of halogens is 1. The van der Waals surface area contributed by atoms with Crippen LogP contribution in [-0.4, -0.2) is 58.7 Å². The highest BCUT2D eigenvalue weighted by molar-refractivity contribution is 7.89. The molecule has 0 bridgehead atoms. The fourth-order valence-electron chi connectivity index (χ4n) is 4.78. The summed E-state index contributed by atoms with van der Waals surface area (Å²) >= 11 is 5.92. The molecular formula is C35H47ClN2O5S. The third-order valence-electron chi connectivity index (χ3n) is 6.89. The maximum Gasteiger partial charge on any atom is 0.306 e. The summed E-state index contributed by atoms with van der Waals surface area (Å²) in [5.74, 6) is 0.673. The van der Waals surface area contributed by atoms with Gasteiger partial charge < -0.3 is 14.4 Å². The predicted molar refractivity (Wildman–Crippen MR) is 178 cm³/mol. The summed E-state index contributed by atoms with van der Waals surface area (Å²) in [5.41, 5.74) is 3.77. The van der Waals surface area contributed by atoms with Crippen LogP contribution in [0.2, 0.25) is 5.02 Å². The summed E-state index contributed by atoms with van der Waals surface area (Å²) in [6.45, 7) is 7.55. The number of hydrogen-bond donors (Lipinski definition) is 1. The van der Waals surface area contributed by atoms with Crippen molar-refractivity contribution in [3.05, 3.63) is 94.0 Å². The minimum atomic E-state index is -3.66. The first-order valence-corrected chi connectivity index (χ1v) is 17.1. The van der Waals surface area contributed by atoms with E-state index in [0.717, 1.165) is 60.2 Å². The molecule has 240 valence electrons. The molecule has 7 nitrogen and oxygen atoms in total. The van der Waals surface area contributed by atoms with Crippen LogP contribution in [0.5, 0.6) is 5.75 Å². The van der Waals surface area contributed by atoms with Gasteiger partial charge in [0.1, 0.15) is 11.4 Å². The highest BCUT2D eigenvalue weighted by Crippen LogP contribution is 2.22. The first kappa shape index (κ1) is 35.6. The van der Waals surface area contributed by atoms with Gasteiger partial charge in [-0.15, -0.1) is 0 Å². The van der Waals surface area contributed by atoms with Crippen LogP contribution in [0.3, 0.4) is 0 Å². The quantitative estimate of drug-likeness (QED) is 0.131. The number of unbranched alkanes of at least 4 members (excludes halogenated alkanes) is 1. The van der Waals surface area contributed by atoms with Crippen molar-refractivity contribution in [3.63, 3.8) is 0 Å². The van der Waals surface area contributed by atoms with Crippen LogP contribution in [0.1, 0.15) is 62.3 Å². The second-order valence-electron chi connectivity index (χ2n) is 12.3. The minimum absolute atomic E-state index is 0.173. The van der Waals surface area contributed by atoms with E-state index in [1.165, 1.54) is 12.1 Å². The van der Waals surface area contributed by atoms with Crippen molar-refractivity contribution in [3.8, 4) is 5.75 Å². The van der Waals surface area contributed by atoms with E-state index in [4.69, 9.17) is 21.1 Å². The zero-order chi connectivity index (χ0) is 32.2. The third-order valence-corrected chi connectivity index (χ3v) is 8.62. The number of ether oxygens (including phenoxy) is 2. The summed E-state index contributed by atoms with van der Waals surface area (Å²) in [4.78, 5) is 14.8. The van der Waals surface area contributed by atoms with E-state index >= 15 is 0 Å². The van der Waals surface area contributed by atoms with Crippen molar-refractivity contribution in [2.75, 3.05) is 33.8 Å². The molecule has 0 aliphatic heterocycles. The first-order chi connectivity index (χ1) is 20.8. The van der Waals surface area contributed by atoms with Gasteiger partial charge in [-0.25, -0.2) is 13.1 Å². The Kier molecular flexibility index (Phi) is 13.7. The highest BCUT2D eigenvalue weighted by atomic mass is 35.5. The van der Waals surface area contributed by atoms with Crippen molar-refractivity contribution in [1.29, 1.82) is 0 Å². The molecule has 44 heavy (non-hydrogen) atoms. The Morgan fingerprint density at radius 2 is 1.50 bits per heavy atom. The van der Waals surface area contributed by atoms with Crippen LogP contribution in [-0.2, 0) is 45.2 Å². The summed E-state index contributed by atoms with van der Waals surface area (Å²) in [6, 6.07) is 20.6. The Labute approximate surface area is 269 Å². The lowest BCUT2D eigenvalue weighted by Gasteiger charge is -2.19. The van der Waals surface area contributed by atoms with Crippen molar-refractivity contribution in [2.24, 2.45) is 0 Å². The molecule has 3 aromatic carbocycles. The normalized spacial score (nSPS) is 12.0. The molecule has 0 saturated heterocycles. The fraction of sp³-hybridized carbons (Fsp3) is 0.457. The Morgan fingerprint density at radius 1 is 0.864 bits per heavy atom. The van der Waals surface area contributed by atoms with Crippen molar-refractivity contribution >= 4 is 27.6 Å². The molecular weight excluding hydrogens is 596 g/mol. The fourth-order valence-corrected chi connectivity index (χ4v) is 5.94. The van der Waals surface area contributed by atoms with E-state index in [1.807, 2.05) is 39.0 Å². The molecule has 0 atom stereocenters. The SMILES string of the molecule is CN(C)CCCCOc1ccccc1CCc1cc(CCNS(=O)(=O)c2ccc(Cl)cc2)cc(CCC(=O)OC(C)(C)C)c1. The number of carbonyl (C=O) groups excluding carboxylic acids is 1. The van der Waals surface area contributed by atoms with Crippen molar-refractivity contribution in [2.45, 2.75) is 76.2 Å². The van der Waals surface area contributed by atoms with E-state index in [9.17, 15) is 13.2 Å². The van der Waals surface area contributed by atoms with Crippen LogP contribution in [0.4, 0.5) is 0 Å². The zero-order valence-corrected chi connectivity index (χ0v) is 28.3. The van der Waals surface area contributed by atoms with Crippen LogP contribution in [0.25, 0.3) is 0 Å². The Hall–Kier alpha value is -2.91. The predicted octanol–water partition coefficient (Wildman–Crippen LogP) is 6.64. The Morgan fingerprint density at radius 3 is 2.16 bits per heavy atom. The number of nitrogens with one attached hydrogen (secondary N) is 1. The maximum absolute atomic E-state index is 12.8. The number of hydrogen-bond acceptors (Lipinski definition) is 6. The van der Waals surface area contributed by atoms with Crippen LogP contribution < -0.4 is 9.46 Å². The van der Waals surface area contributed by atoms with Gasteiger partial charge in [-0.3, -0.25) is 4.79 Å². The van der Waals surface area contributed by atoms with E-state index < -0.39 is 15.6 Å². The van der Waals surface area contributed by atoms with Crippen LogP contribution >= 0.6 is 11.6 Å². The van der Waals surface area contributed by atoms with Gasteiger partial charge in [0, 0.05) is 18.0 Å². The molecule has 3 aromatic rings. The van der Waals surface area contributed by atoms with Gasteiger partial charge in [0.2, 0.25) is 10.0 Å². The first-order valence-electron chi connectivity index (χ1n) is 15.2. The highest BCUT2D eigenvalue weighted by Gasteiger charge is 2.17. The monoisotopic (exact) mass is 642 g/mol. The molecule has 0 amide bonds. The van der Waals surface area contributed by atoms with Gasteiger partial charge in [-0.1, -0.05) is 48.0 Å². The lowest BCUT2D eigenvalue weighted by molar-refractivity contribution is -0.154. The van der Waals surface area contributed by atoms with Crippen LogP contribution in [0.15, 0.2) is 71.6 Å². The van der Waals surface area contributed by atoms with E-state index in [0.29, 0.717) is 24.5 Å². The minimum Gasteiger partial charge on any atom is -0.493 e. The Bertz CT molecular complexity index is 1450. The van der Waals surface area contributed by atoms with Crippen LogP contribution in [0, 0.1) is 0 Å². The molecule has 0 aliphatic rings. The number of rotatable bonds is 17. The molecule has 0 unspecified atom stereocenters. The number of esters is 1. The van der Waals surface area contributed by atoms with Gasteiger partial charge in [0.25, 0.3) is 0 Å². The lowest BCUT2D eigenvalue weighted by atomic mass is 9.96. The smallest absolute Gasteiger partial charge is 0.306 e. The average molecular weight is 643 g/mol. The average Bonchev–Trinajstić information content (AvgIpc) is 2.94. The number of benzene rings is 3. The maximum atomic E-state index is 12.8. The van der Waals surface area contributed by atoms with Crippen molar-refractivity contribution < 1.29 is 22.7 Å². The Balaban J connectivity index is 1.70. The molecule has 0 spiro atoms. The lowest BCUT2D eigenvalue weighted by Crippen LogP contribution is -2.26. The van der Waals surface area contributed by atoms with Crippen molar-refractivity contribution in [1.82, 2.24) is 9.62 Å². The van der Waals surface area contributed by atoms with E-state index in [-0.39, 0.29) is 23.8 Å². The molecule has 0 heterocycles. The van der Waals surface area contributed by atoms with E-state index in [2.05, 4.69) is 48.0 Å². The van der Waals surface area contributed by atoms with Gasteiger partial charge in [-0.05, 0) is 133 Å². The number of para-hydroxylation sites is 1. The van der Waals surface area contributed by atoms with Gasteiger partial charge in [0.05, 0.1) is 11.5 Å². The molecule has 0 saturated carbocycles. The standard InChI is InChI=1S/C35H47ClN2O5S/c1-35(2,3)43-34(39)19-13-28-24-27(12-14-30-10-6-7-11-33(30)42-23-9-8-22-38(4)5)25-29(26-28)20-21-37-44(40,41)32-17-15-31(36)16-18-32/h6-7,10-11,15-18,24-26,37H,8-9,12-14,19-23H2,1-5H3. The molecule has 0 aromatic heterocycles. The summed E-state index contributed by atoms with van der Waals surface area (Å²) in [6.07, 6.45) is 4.98. The van der Waals surface area contributed by atoms with Gasteiger partial charge in [0.15, 0.2) is 0 Å². The topological polar surface area (TPSA) is 84.9 Å². The summed E-state index contributed by atoms with van der Waals surface area (Å²) < 4.78 is 39.9. The summed E-state index contributed by atoms with van der Waals surface area (Å²) in [5, 5.41) is 0.480. The number of carbonyl (C=O) groups is 1. The number of aryl methyl sites for hydroxylation is 3. The zero-order valence-electron chi connectivity index (χ0n) is 26.7. The largest absolute Gasteiger partial charge is 0.493 e. The van der Waals surface area contributed by atoms with Gasteiger partial charge >= 0.3 is 5.97 Å². The molecule has 0 radical (unpaired) electrons. The molecule has 1 N–H and O–H groups in total. The molecule has 0 aliphatic carbocycles. The van der Waals surface area contributed by atoms with Gasteiger partial charge in [-0.2, -0.15) is 0 Å². The molecule has 0 fully saturated rings. The second-order valence-corrected chi connectivity index (χ2v) is 14.5. The number of nitrogens with zero attached hydrogens (tertiary/aromatic N) is 1.